The van der Waals surface area contributed by atoms with Crippen molar-refractivity contribution in [1.29, 1.82) is 0 Å². The van der Waals surface area contributed by atoms with E-state index >= 15 is 0 Å². The molecule has 0 saturated heterocycles. The lowest BCUT2D eigenvalue weighted by Crippen LogP contribution is -2.39. The lowest BCUT2D eigenvalue weighted by molar-refractivity contribution is 0.387. The molecule has 0 aliphatic carbocycles. The Morgan fingerprint density at radius 3 is 2.62 bits per heavy atom. The van der Waals surface area contributed by atoms with Gasteiger partial charge in [0.1, 0.15) is 14.5 Å². The summed E-state index contributed by atoms with van der Waals surface area (Å²) in [7, 11) is -0.457. The van der Waals surface area contributed by atoms with Gasteiger partial charge in [-0.3, -0.25) is 19.0 Å². The molecule has 192 valence electrons. The summed E-state index contributed by atoms with van der Waals surface area (Å²) in [4.78, 5) is 32.1. The van der Waals surface area contributed by atoms with E-state index in [0.717, 1.165) is 28.2 Å². The second-order valence-electron chi connectivity index (χ2n) is 8.36. The van der Waals surface area contributed by atoms with Crippen LogP contribution in [-0.4, -0.2) is 51.4 Å². The van der Waals surface area contributed by atoms with Crippen LogP contribution in [0.15, 0.2) is 46.4 Å². The number of ether oxygens (including phenoxy) is 1. The molecule has 37 heavy (non-hydrogen) atoms. The number of sulfone groups is 1. The number of rotatable bonds is 6. The molecule has 5 rings (SSSR count). The smallest absolute Gasteiger partial charge is 0.336 e. The summed E-state index contributed by atoms with van der Waals surface area (Å²) < 4.78 is 47.0. The van der Waals surface area contributed by atoms with Gasteiger partial charge in [-0.1, -0.05) is 11.6 Å². The average molecular weight is 564 g/mol. The van der Waals surface area contributed by atoms with Crippen LogP contribution < -0.4 is 16.0 Å². The lowest BCUT2D eigenvalue weighted by atomic mass is 10.1. The summed E-state index contributed by atoms with van der Waals surface area (Å²) in [5, 5.41) is 4.89. The van der Waals surface area contributed by atoms with Crippen LogP contribution in [0.25, 0.3) is 37.2 Å². The molecule has 0 spiro atoms. The Morgan fingerprint density at radius 1 is 1.16 bits per heavy atom. The fraction of sp³-hybridized carbons (Fsp3) is 0.217. The highest BCUT2D eigenvalue weighted by molar-refractivity contribution is 7.90. The van der Waals surface area contributed by atoms with E-state index in [1.54, 1.807) is 25.5 Å². The highest BCUT2D eigenvalue weighted by Crippen LogP contribution is 2.39. The maximum absolute atomic E-state index is 14.1. The van der Waals surface area contributed by atoms with Crippen molar-refractivity contribution in [2.24, 2.45) is 7.05 Å². The van der Waals surface area contributed by atoms with Gasteiger partial charge in [0, 0.05) is 41.9 Å². The first-order valence-corrected chi connectivity index (χ1v) is 14.0. The summed E-state index contributed by atoms with van der Waals surface area (Å²) >= 11 is 7.36. The molecule has 0 saturated carbocycles. The fourth-order valence-corrected chi connectivity index (χ4v) is 6.06. The molecule has 0 unspecified atom stereocenters. The summed E-state index contributed by atoms with van der Waals surface area (Å²) in [5.74, 6) is -1.02. The SMILES string of the molecule is COc1cc(-c2cc3c(s2)c(=O)n(-c2cncc4cnn(C)c24)c(=O)n3CCS(C)(=O)=O)c(Cl)cc1F. The number of hydrogen-bond acceptors (Lipinski definition) is 8. The van der Waals surface area contributed by atoms with Crippen molar-refractivity contribution < 1.29 is 17.5 Å². The molecule has 10 nitrogen and oxygen atoms in total. The van der Waals surface area contributed by atoms with Gasteiger partial charge >= 0.3 is 5.69 Å². The number of methoxy groups -OCH3 is 1. The normalized spacial score (nSPS) is 12.0. The maximum Gasteiger partial charge on any atom is 0.336 e. The quantitative estimate of drug-likeness (QED) is 0.311. The van der Waals surface area contributed by atoms with Crippen LogP contribution in [0, 0.1) is 5.82 Å². The molecule has 1 aromatic carbocycles. The second kappa shape index (κ2) is 9.08. The first kappa shape index (κ1) is 25.1. The molecule has 0 amide bonds. The van der Waals surface area contributed by atoms with Gasteiger partial charge in [0.15, 0.2) is 11.6 Å². The molecular formula is C23H19ClFN5O5S2. The summed E-state index contributed by atoms with van der Waals surface area (Å²) in [6.07, 6.45) is 5.57. The van der Waals surface area contributed by atoms with Gasteiger partial charge in [-0.15, -0.1) is 11.3 Å². The minimum absolute atomic E-state index is 0.0438. The molecule has 0 aliphatic heterocycles. The van der Waals surface area contributed by atoms with Gasteiger partial charge < -0.3 is 4.74 Å². The summed E-state index contributed by atoms with van der Waals surface area (Å²) in [6.45, 7) is -0.195. The van der Waals surface area contributed by atoms with Crippen LogP contribution in [-0.2, 0) is 23.4 Å². The van der Waals surface area contributed by atoms with E-state index in [2.05, 4.69) is 10.1 Å². The summed E-state index contributed by atoms with van der Waals surface area (Å²) in [5.41, 5.74) is -0.00874. The number of aryl methyl sites for hydroxylation is 2. The molecule has 0 N–H and O–H groups in total. The second-order valence-corrected chi connectivity index (χ2v) is 12.1. The Bertz CT molecular complexity index is 1940. The van der Waals surface area contributed by atoms with Gasteiger partial charge in [-0.25, -0.2) is 22.2 Å². The third-order valence-corrected chi connectivity index (χ3v) is 8.26. The Hall–Kier alpha value is -3.55. The Balaban J connectivity index is 1.85. The molecule has 14 heteroatoms. The van der Waals surface area contributed by atoms with Crippen LogP contribution in [0.4, 0.5) is 4.39 Å². The number of thiophene rings is 1. The fourth-order valence-electron chi connectivity index (χ4n) is 4.12. The van der Waals surface area contributed by atoms with E-state index < -0.39 is 26.9 Å². The predicted molar refractivity (Wildman–Crippen MR) is 140 cm³/mol. The van der Waals surface area contributed by atoms with Crippen molar-refractivity contribution in [3.8, 4) is 21.9 Å². The van der Waals surface area contributed by atoms with E-state index in [4.69, 9.17) is 16.3 Å². The summed E-state index contributed by atoms with van der Waals surface area (Å²) in [6, 6.07) is 4.07. The highest BCUT2D eigenvalue weighted by atomic mass is 35.5. The first-order valence-electron chi connectivity index (χ1n) is 10.8. The highest BCUT2D eigenvalue weighted by Gasteiger charge is 2.22. The van der Waals surface area contributed by atoms with Crippen LogP contribution in [0.1, 0.15) is 0 Å². The number of aromatic nitrogens is 5. The van der Waals surface area contributed by atoms with Crippen molar-refractivity contribution in [2.45, 2.75) is 6.54 Å². The van der Waals surface area contributed by atoms with Gasteiger partial charge in [-0.2, -0.15) is 5.10 Å². The van der Waals surface area contributed by atoms with Crippen molar-refractivity contribution in [2.75, 3.05) is 19.1 Å². The van der Waals surface area contributed by atoms with Crippen molar-refractivity contribution in [1.82, 2.24) is 23.9 Å². The predicted octanol–water partition coefficient (Wildman–Crippen LogP) is 3.01. The van der Waals surface area contributed by atoms with Crippen LogP contribution >= 0.6 is 22.9 Å². The molecule has 4 aromatic heterocycles. The van der Waals surface area contributed by atoms with Gasteiger partial charge in [0.05, 0.1) is 47.0 Å². The number of fused-ring (bicyclic) bond motifs is 2. The first-order chi connectivity index (χ1) is 17.5. The number of halogens is 2. The third-order valence-electron chi connectivity index (χ3n) is 5.88. The maximum atomic E-state index is 14.1. The van der Waals surface area contributed by atoms with E-state index in [0.29, 0.717) is 21.3 Å². The van der Waals surface area contributed by atoms with Crippen molar-refractivity contribution in [3.63, 3.8) is 0 Å². The zero-order valence-electron chi connectivity index (χ0n) is 19.7. The lowest BCUT2D eigenvalue weighted by Gasteiger charge is -2.12. The molecular weight excluding hydrogens is 545 g/mol. The molecule has 0 bridgehead atoms. The molecule has 0 fully saturated rings. The average Bonchev–Trinajstić information content (AvgIpc) is 3.43. The zero-order chi connectivity index (χ0) is 26.6. The van der Waals surface area contributed by atoms with Crippen LogP contribution in [0.5, 0.6) is 5.75 Å². The molecule has 4 heterocycles. The number of nitrogens with zero attached hydrogens (tertiary/aromatic N) is 5. The van der Waals surface area contributed by atoms with Crippen molar-refractivity contribution >= 4 is 53.9 Å². The Kier molecular flexibility index (Phi) is 6.16. The third kappa shape index (κ3) is 4.32. The topological polar surface area (TPSA) is 118 Å². The number of pyridine rings is 1. The molecule has 5 aromatic rings. The number of benzene rings is 1. The Labute approximate surface area is 218 Å². The van der Waals surface area contributed by atoms with E-state index in [9.17, 15) is 22.4 Å². The minimum Gasteiger partial charge on any atom is -0.494 e. The van der Waals surface area contributed by atoms with Crippen LogP contribution in [0.2, 0.25) is 5.02 Å². The van der Waals surface area contributed by atoms with Crippen LogP contribution in [0.3, 0.4) is 0 Å². The van der Waals surface area contributed by atoms with E-state index in [-0.39, 0.29) is 39.0 Å². The van der Waals surface area contributed by atoms with E-state index in [1.807, 2.05) is 0 Å². The van der Waals surface area contributed by atoms with Gasteiger partial charge in [0.2, 0.25) is 0 Å². The van der Waals surface area contributed by atoms with Gasteiger partial charge in [-0.05, 0) is 18.2 Å². The molecule has 0 atom stereocenters. The van der Waals surface area contributed by atoms with E-state index in [1.165, 1.54) is 28.6 Å². The van der Waals surface area contributed by atoms with Gasteiger partial charge in [0.25, 0.3) is 5.56 Å². The number of hydrogen-bond donors (Lipinski definition) is 0. The largest absolute Gasteiger partial charge is 0.494 e. The van der Waals surface area contributed by atoms with Crippen molar-refractivity contribution in [3.05, 3.63) is 68.5 Å². The monoisotopic (exact) mass is 563 g/mol. The Morgan fingerprint density at radius 2 is 1.92 bits per heavy atom. The standard InChI is InChI=1S/C23H19ClFN5O5S2/c1-28-20-12(10-27-28)9-26-11-17(20)30-22(31)21-16(29(23(30)32)4-5-37(3,33)34)8-19(36-21)13-6-18(35-2)15(25)7-14(13)24/h6-11H,4-5H2,1-3H3. The molecule has 0 radical (unpaired) electrons. The zero-order valence-corrected chi connectivity index (χ0v) is 22.1. The molecule has 0 aliphatic rings. The minimum atomic E-state index is -3.44.